The zero-order chi connectivity index (χ0) is 15.2. The fourth-order valence-corrected chi connectivity index (χ4v) is 6.37. The zero-order valence-corrected chi connectivity index (χ0v) is 13.8. The second-order valence-electron chi connectivity index (χ2n) is 6.81. The first kappa shape index (κ1) is 14.7. The molecule has 0 aromatic heterocycles. The van der Waals surface area contributed by atoms with Crippen LogP contribution in [0.1, 0.15) is 42.9 Å². The molecular weight excluding hydrogens is 296 g/mol. The molecule has 120 valence electrons. The fraction of sp³-hybridized carbons (Fsp3) is 0.647. The van der Waals surface area contributed by atoms with Gasteiger partial charge in [0.15, 0.2) is 0 Å². The number of piperazine rings is 1. The number of nitrogens with zero attached hydrogens (tertiary/aromatic N) is 2. The van der Waals surface area contributed by atoms with E-state index in [1.54, 1.807) is 4.31 Å². The summed E-state index contributed by atoms with van der Waals surface area (Å²) < 4.78 is 27.5. The van der Waals surface area contributed by atoms with Gasteiger partial charge in [0.05, 0.1) is 5.25 Å². The van der Waals surface area contributed by atoms with E-state index in [4.69, 9.17) is 0 Å². The van der Waals surface area contributed by atoms with Crippen LogP contribution in [-0.2, 0) is 16.4 Å². The van der Waals surface area contributed by atoms with Crippen molar-refractivity contribution in [3.63, 3.8) is 0 Å². The first-order valence-corrected chi connectivity index (χ1v) is 9.97. The van der Waals surface area contributed by atoms with Crippen molar-refractivity contribution in [1.82, 2.24) is 9.21 Å². The highest BCUT2D eigenvalue weighted by Gasteiger charge is 2.40. The lowest BCUT2D eigenvalue weighted by Crippen LogP contribution is -2.53. The number of rotatable bonds is 2. The van der Waals surface area contributed by atoms with Crippen molar-refractivity contribution < 1.29 is 8.42 Å². The lowest BCUT2D eigenvalue weighted by Gasteiger charge is -2.44. The fourth-order valence-electron chi connectivity index (χ4n) is 4.34. The van der Waals surface area contributed by atoms with Crippen molar-refractivity contribution in [3.05, 3.63) is 35.4 Å². The zero-order valence-electron chi connectivity index (χ0n) is 12.9. The molecule has 1 aromatic carbocycles. The number of fused-ring (bicyclic) bond motifs is 3. The highest BCUT2D eigenvalue weighted by atomic mass is 32.2. The van der Waals surface area contributed by atoms with Gasteiger partial charge in [0, 0.05) is 32.2 Å². The summed E-state index contributed by atoms with van der Waals surface area (Å²) in [6.07, 6.45) is 4.92. The monoisotopic (exact) mass is 320 g/mol. The van der Waals surface area contributed by atoms with Gasteiger partial charge in [-0.3, -0.25) is 4.90 Å². The number of hydrogen-bond acceptors (Lipinski definition) is 3. The molecule has 1 unspecified atom stereocenters. The minimum atomic E-state index is -3.11. The second-order valence-corrected chi connectivity index (χ2v) is 9.02. The minimum absolute atomic E-state index is 0.127. The smallest absolute Gasteiger partial charge is 0.217 e. The van der Waals surface area contributed by atoms with Crippen LogP contribution < -0.4 is 0 Å². The first-order chi connectivity index (χ1) is 10.7. The average molecular weight is 320 g/mol. The van der Waals surface area contributed by atoms with Gasteiger partial charge in [-0.25, -0.2) is 8.42 Å². The van der Waals surface area contributed by atoms with Crippen molar-refractivity contribution in [3.8, 4) is 0 Å². The van der Waals surface area contributed by atoms with Crippen LogP contribution in [0.2, 0.25) is 0 Å². The van der Waals surface area contributed by atoms with Crippen molar-refractivity contribution in [2.45, 2.75) is 43.4 Å². The van der Waals surface area contributed by atoms with E-state index in [1.807, 2.05) is 0 Å². The Bertz CT molecular complexity index is 652. The van der Waals surface area contributed by atoms with E-state index in [2.05, 4.69) is 29.2 Å². The summed E-state index contributed by atoms with van der Waals surface area (Å²) >= 11 is 0. The van der Waals surface area contributed by atoms with E-state index in [0.29, 0.717) is 13.1 Å². The van der Waals surface area contributed by atoms with Crippen molar-refractivity contribution in [2.75, 3.05) is 26.2 Å². The Hall–Kier alpha value is -0.910. The van der Waals surface area contributed by atoms with Crippen LogP contribution in [0.15, 0.2) is 24.3 Å². The predicted molar refractivity (Wildman–Crippen MR) is 87.2 cm³/mol. The van der Waals surface area contributed by atoms with Crippen molar-refractivity contribution >= 4 is 10.0 Å². The van der Waals surface area contributed by atoms with Gasteiger partial charge in [-0.15, -0.1) is 0 Å². The van der Waals surface area contributed by atoms with Gasteiger partial charge in [-0.2, -0.15) is 4.31 Å². The van der Waals surface area contributed by atoms with Gasteiger partial charge in [0.25, 0.3) is 0 Å². The average Bonchev–Trinajstić information content (AvgIpc) is 3.09. The van der Waals surface area contributed by atoms with Crippen LogP contribution >= 0.6 is 0 Å². The highest BCUT2D eigenvalue weighted by molar-refractivity contribution is 7.89. The molecule has 1 aromatic rings. The topological polar surface area (TPSA) is 40.6 Å². The van der Waals surface area contributed by atoms with Crippen LogP contribution in [0.5, 0.6) is 0 Å². The van der Waals surface area contributed by atoms with Gasteiger partial charge >= 0.3 is 0 Å². The molecule has 1 saturated carbocycles. The third-order valence-electron chi connectivity index (χ3n) is 5.62. The molecule has 0 spiro atoms. The van der Waals surface area contributed by atoms with Crippen LogP contribution in [0.4, 0.5) is 0 Å². The molecule has 1 aliphatic carbocycles. The molecule has 1 saturated heterocycles. The van der Waals surface area contributed by atoms with E-state index in [1.165, 1.54) is 11.1 Å². The summed E-state index contributed by atoms with van der Waals surface area (Å²) in [4.78, 5) is 2.46. The predicted octanol–water partition coefficient (Wildman–Crippen LogP) is 2.17. The first-order valence-electron chi connectivity index (χ1n) is 8.47. The Morgan fingerprint density at radius 3 is 2.59 bits per heavy atom. The SMILES string of the molecule is O=S(=O)(C1CCCC1)N1CCN2CCc3ccccc3C2C1. The number of benzene rings is 1. The van der Waals surface area contributed by atoms with Crippen LogP contribution in [-0.4, -0.2) is 49.1 Å². The number of hydrogen-bond donors (Lipinski definition) is 0. The quantitative estimate of drug-likeness (QED) is 0.838. The second kappa shape index (κ2) is 5.62. The summed E-state index contributed by atoms with van der Waals surface area (Å²) in [7, 11) is -3.11. The van der Waals surface area contributed by atoms with Gasteiger partial charge in [-0.1, -0.05) is 37.1 Å². The van der Waals surface area contributed by atoms with Gasteiger partial charge < -0.3 is 0 Å². The molecule has 4 nitrogen and oxygen atoms in total. The summed E-state index contributed by atoms with van der Waals surface area (Å²) in [6.45, 7) is 3.22. The summed E-state index contributed by atoms with van der Waals surface area (Å²) in [5.41, 5.74) is 2.73. The van der Waals surface area contributed by atoms with Gasteiger partial charge in [0.1, 0.15) is 0 Å². The van der Waals surface area contributed by atoms with E-state index in [9.17, 15) is 8.42 Å². The molecule has 5 heteroatoms. The lowest BCUT2D eigenvalue weighted by atomic mass is 9.91. The maximum absolute atomic E-state index is 12.9. The Morgan fingerprint density at radius 1 is 1.00 bits per heavy atom. The number of sulfonamides is 1. The Morgan fingerprint density at radius 2 is 1.77 bits per heavy atom. The largest absolute Gasteiger partial charge is 0.293 e. The molecule has 2 aliphatic heterocycles. The molecular formula is C17H24N2O2S. The van der Waals surface area contributed by atoms with Crippen LogP contribution in [0, 0.1) is 0 Å². The Labute approximate surface area is 133 Å². The molecule has 0 radical (unpaired) electrons. The summed E-state index contributed by atoms with van der Waals surface area (Å²) in [6, 6.07) is 8.78. The molecule has 22 heavy (non-hydrogen) atoms. The normalized spacial score (nSPS) is 27.5. The Kier molecular flexibility index (Phi) is 3.75. The van der Waals surface area contributed by atoms with E-state index < -0.39 is 10.0 Å². The van der Waals surface area contributed by atoms with E-state index in [-0.39, 0.29) is 11.3 Å². The van der Waals surface area contributed by atoms with Crippen molar-refractivity contribution in [2.24, 2.45) is 0 Å². The molecule has 2 heterocycles. The molecule has 0 N–H and O–H groups in total. The molecule has 0 amide bonds. The summed E-state index contributed by atoms with van der Waals surface area (Å²) in [5, 5.41) is -0.127. The van der Waals surface area contributed by atoms with Gasteiger partial charge in [0.2, 0.25) is 10.0 Å². The molecule has 4 rings (SSSR count). The standard InChI is InChI=1S/C17H24N2O2S/c20-22(21,15-6-2-3-7-15)19-12-11-18-10-9-14-5-1-4-8-16(14)17(18)13-19/h1,4-5,8,15,17H,2-3,6-7,9-13H2. The Balaban J connectivity index is 1.60. The minimum Gasteiger partial charge on any atom is -0.293 e. The molecule has 0 bridgehead atoms. The van der Waals surface area contributed by atoms with E-state index in [0.717, 1.165) is 45.2 Å². The molecule has 3 aliphatic rings. The van der Waals surface area contributed by atoms with Crippen LogP contribution in [0.25, 0.3) is 0 Å². The third-order valence-corrected chi connectivity index (χ3v) is 7.99. The lowest BCUT2D eigenvalue weighted by molar-refractivity contribution is 0.109. The van der Waals surface area contributed by atoms with Crippen molar-refractivity contribution in [1.29, 1.82) is 0 Å². The van der Waals surface area contributed by atoms with Crippen LogP contribution in [0.3, 0.4) is 0 Å². The highest BCUT2D eigenvalue weighted by Crippen LogP contribution is 2.35. The molecule has 1 atom stereocenters. The third kappa shape index (κ3) is 2.39. The maximum Gasteiger partial charge on any atom is 0.217 e. The van der Waals surface area contributed by atoms with E-state index >= 15 is 0 Å². The maximum atomic E-state index is 12.9. The summed E-state index contributed by atoms with van der Waals surface area (Å²) in [5.74, 6) is 0. The molecule has 2 fully saturated rings. The van der Waals surface area contributed by atoms with Gasteiger partial charge in [-0.05, 0) is 30.4 Å².